The monoisotopic (exact) mass is 298 g/mol. The summed E-state index contributed by atoms with van der Waals surface area (Å²) in [5, 5.41) is 10.3. The Bertz CT molecular complexity index is 816. The quantitative estimate of drug-likeness (QED) is 0.676. The number of fused-ring (bicyclic) bond motifs is 1. The lowest BCUT2D eigenvalue weighted by Gasteiger charge is -2.06. The number of halogens is 1. The molecule has 0 fully saturated rings. The van der Waals surface area contributed by atoms with Crippen molar-refractivity contribution in [2.45, 2.75) is 0 Å². The van der Waals surface area contributed by atoms with E-state index in [4.69, 9.17) is 11.6 Å². The number of rotatable bonds is 2. The topological polar surface area (TPSA) is 52.1 Å². The van der Waals surface area contributed by atoms with Gasteiger partial charge in [-0.2, -0.15) is 0 Å². The molecule has 5 heteroatoms. The second-order valence-corrected chi connectivity index (χ2v) is 4.81. The number of hydrogen-bond acceptors (Lipinski definition) is 4. The van der Waals surface area contributed by atoms with E-state index in [-0.39, 0.29) is 5.97 Å². The number of ether oxygens (including phenoxy) is 1. The average molecular weight is 299 g/mol. The van der Waals surface area contributed by atoms with Crippen molar-refractivity contribution in [3.05, 3.63) is 59.2 Å². The molecule has 104 valence electrons. The summed E-state index contributed by atoms with van der Waals surface area (Å²) in [5.74, 6) is -0.367. The van der Waals surface area contributed by atoms with Gasteiger partial charge in [0.1, 0.15) is 5.69 Å². The van der Waals surface area contributed by atoms with E-state index in [0.717, 1.165) is 22.0 Å². The molecule has 0 amide bonds. The third-order valence-electron chi connectivity index (χ3n) is 3.22. The van der Waals surface area contributed by atoms with Crippen LogP contribution in [0.3, 0.4) is 0 Å². The second kappa shape index (κ2) is 5.50. The van der Waals surface area contributed by atoms with Crippen molar-refractivity contribution >= 4 is 28.3 Å². The van der Waals surface area contributed by atoms with Gasteiger partial charge in [0.15, 0.2) is 5.15 Å². The van der Waals surface area contributed by atoms with E-state index in [1.54, 1.807) is 12.1 Å². The van der Waals surface area contributed by atoms with Crippen molar-refractivity contribution < 1.29 is 9.53 Å². The van der Waals surface area contributed by atoms with Gasteiger partial charge in [-0.15, -0.1) is 10.2 Å². The highest BCUT2D eigenvalue weighted by Gasteiger charge is 2.11. The van der Waals surface area contributed by atoms with E-state index in [9.17, 15) is 4.79 Å². The van der Waals surface area contributed by atoms with E-state index < -0.39 is 0 Å². The Hall–Kier alpha value is -2.46. The fourth-order valence-corrected chi connectivity index (χ4v) is 2.37. The number of hydrogen-bond donors (Lipinski definition) is 0. The fraction of sp³-hybridized carbons (Fsp3) is 0.0625. The number of nitrogens with zero attached hydrogens (tertiary/aromatic N) is 2. The number of carbonyl (C=O) groups excluding carboxylic acids is 1. The Morgan fingerprint density at radius 3 is 2.33 bits per heavy atom. The molecule has 0 saturated carbocycles. The van der Waals surface area contributed by atoms with Gasteiger partial charge >= 0.3 is 5.97 Å². The fourth-order valence-electron chi connectivity index (χ4n) is 2.17. The predicted octanol–water partition coefficient (Wildman–Crippen LogP) is 3.74. The van der Waals surface area contributed by atoms with Crippen LogP contribution in [0.15, 0.2) is 48.5 Å². The first kappa shape index (κ1) is 13.5. The third-order valence-corrected chi connectivity index (χ3v) is 3.50. The van der Waals surface area contributed by atoms with Crippen molar-refractivity contribution in [2.75, 3.05) is 7.11 Å². The molecule has 0 N–H and O–H groups in total. The van der Waals surface area contributed by atoms with E-state index >= 15 is 0 Å². The van der Waals surface area contributed by atoms with Gasteiger partial charge < -0.3 is 4.74 Å². The van der Waals surface area contributed by atoms with Crippen LogP contribution in [-0.4, -0.2) is 23.3 Å². The van der Waals surface area contributed by atoms with Crippen molar-refractivity contribution in [1.82, 2.24) is 10.2 Å². The predicted molar refractivity (Wildman–Crippen MR) is 81.3 cm³/mol. The van der Waals surface area contributed by atoms with Crippen molar-refractivity contribution in [1.29, 1.82) is 0 Å². The summed E-state index contributed by atoms with van der Waals surface area (Å²) >= 11 is 6.07. The van der Waals surface area contributed by atoms with Crippen LogP contribution in [0.25, 0.3) is 22.0 Å². The summed E-state index contributed by atoms with van der Waals surface area (Å²) in [6, 6.07) is 14.7. The molecule has 2 aromatic carbocycles. The largest absolute Gasteiger partial charge is 0.465 e. The molecule has 0 unspecified atom stereocenters. The Morgan fingerprint density at radius 1 is 1.00 bits per heavy atom. The third kappa shape index (κ3) is 2.45. The molecule has 0 saturated heterocycles. The summed E-state index contributed by atoms with van der Waals surface area (Å²) in [6.45, 7) is 0. The summed E-state index contributed by atoms with van der Waals surface area (Å²) in [4.78, 5) is 11.5. The second-order valence-electron chi connectivity index (χ2n) is 4.45. The van der Waals surface area contributed by atoms with E-state index in [1.807, 2.05) is 36.4 Å². The van der Waals surface area contributed by atoms with Crippen molar-refractivity contribution in [3.8, 4) is 11.3 Å². The molecule has 0 atom stereocenters. The first-order valence-electron chi connectivity index (χ1n) is 6.30. The van der Waals surface area contributed by atoms with Gasteiger partial charge in [0.25, 0.3) is 0 Å². The lowest BCUT2D eigenvalue weighted by molar-refractivity contribution is 0.0601. The van der Waals surface area contributed by atoms with Crippen LogP contribution in [0.4, 0.5) is 0 Å². The number of methoxy groups -OCH3 is 1. The van der Waals surface area contributed by atoms with Gasteiger partial charge in [0, 0.05) is 16.3 Å². The maximum atomic E-state index is 11.5. The minimum Gasteiger partial charge on any atom is -0.465 e. The van der Waals surface area contributed by atoms with Crippen LogP contribution in [0.5, 0.6) is 0 Å². The van der Waals surface area contributed by atoms with Crippen LogP contribution in [0, 0.1) is 0 Å². The molecule has 0 aliphatic heterocycles. The molecule has 0 bridgehead atoms. The SMILES string of the molecule is COC(=O)c1ccc(-c2nnc(Cl)c3ccccc23)cc1. The maximum Gasteiger partial charge on any atom is 0.337 e. The number of carbonyl (C=O) groups is 1. The molecule has 0 radical (unpaired) electrons. The normalized spacial score (nSPS) is 10.6. The van der Waals surface area contributed by atoms with Gasteiger partial charge in [-0.1, -0.05) is 48.0 Å². The van der Waals surface area contributed by atoms with Crippen LogP contribution in [-0.2, 0) is 4.74 Å². The van der Waals surface area contributed by atoms with E-state index in [1.165, 1.54) is 7.11 Å². The highest BCUT2D eigenvalue weighted by Crippen LogP contribution is 2.29. The van der Waals surface area contributed by atoms with Gasteiger partial charge in [-0.25, -0.2) is 4.79 Å². The Balaban J connectivity index is 2.13. The standard InChI is InChI=1S/C16H11ClN2O2/c1-21-16(20)11-8-6-10(7-9-11)14-12-4-2-3-5-13(12)15(17)19-18-14/h2-9H,1H3. The van der Waals surface area contributed by atoms with Crippen LogP contribution < -0.4 is 0 Å². The Morgan fingerprint density at radius 2 is 1.67 bits per heavy atom. The van der Waals surface area contributed by atoms with E-state index in [0.29, 0.717) is 10.7 Å². The molecule has 4 nitrogen and oxygen atoms in total. The highest BCUT2D eigenvalue weighted by atomic mass is 35.5. The molecule has 1 aromatic heterocycles. The number of aromatic nitrogens is 2. The minimum absolute atomic E-state index is 0.367. The van der Waals surface area contributed by atoms with Gasteiger partial charge in [-0.05, 0) is 12.1 Å². The molecule has 3 rings (SSSR count). The molecule has 0 aliphatic carbocycles. The van der Waals surface area contributed by atoms with Crippen LogP contribution in [0.2, 0.25) is 5.15 Å². The number of esters is 1. The van der Waals surface area contributed by atoms with Crippen LogP contribution >= 0.6 is 11.6 Å². The van der Waals surface area contributed by atoms with Crippen molar-refractivity contribution in [2.24, 2.45) is 0 Å². The first-order valence-corrected chi connectivity index (χ1v) is 6.68. The summed E-state index contributed by atoms with van der Waals surface area (Å²) < 4.78 is 4.68. The first-order chi connectivity index (χ1) is 10.2. The number of benzene rings is 2. The lowest BCUT2D eigenvalue weighted by atomic mass is 10.0. The molecule has 0 aliphatic rings. The Labute approximate surface area is 126 Å². The van der Waals surface area contributed by atoms with Gasteiger partial charge in [0.05, 0.1) is 12.7 Å². The van der Waals surface area contributed by atoms with Crippen LogP contribution in [0.1, 0.15) is 10.4 Å². The highest BCUT2D eigenvalue weighted by molar-refractivity contribution is 6.34. The van der Waals surface area contributed by atoms with Crippen molar-refractivity contribution in [3.63, 3.8) is 0 Å². The molecule has 1 heterocycles. The van der Waals surface area contributed by atoms with E-state index in [2.05, 4.69) is 14.9 Å². The Kier molecular flexibility index (Phi) is 3.54. The molecule has 21 heavy (non-hydrogen) atoms. The maximum absolute atomic E-state index is 11.5. The molecular weight excluding hydrogens is 288 g/mol. The molecular formula is C16H11ClN2O2. The summed E-state index contributed by atoms with van der Waals surface area (Å²) in [5.41, 5.74) is 2.09. The van der Waals surface area contributed by atoms with Gasteiger partial charge in [0.2, 0.25) is 0 Å². The average Bonchev–Trinajstić information content (AvgIpc) is 2.55. The smallest absolute Gasteiger partial charge is 0.337 e. The van der Waals surface area contributed by atoms with Gasteiger partial charge in [-0.3, -0.25) is 0 Å². The summed E-state index contributed by atoms with van der Waals surface area (Å²) in [7, 11) is 1.36. The molecule has 0 spiro atoms. The minimum atomic E-state index is -0.367. The summed E-state index contributed by atoms with van der Waals surface area (Å²) in [6.07, 6.45) is 0. The zero-order valence-corrected chi connectivity index (χ0v) is 12.0. The lowest BCUT2D eigenvalue weighted by Crippen LogP contribution is -2.00. The zero-order valence-electron chi connectivity index (χ0n) is 11.2. The molecule has 3 aromatic rings. The zero-order chi connectivity index (χ0) is 14.8.